The minimum absolute atomic E-state index is 0.0594. The molecule has 2 N–H and O–H groups in total. The molecule has 3 rings (SSSR count). The Morgan fingerprint density at radius 1 is 1.36 bits per heavy atom. The van der Waals surface area contributed by atoms with Crippen molar-refractivity contribution in [3.63, 3.8) is 0 Å². The molecule has 1 amide bonds. The van der Waals surface area contributed by atoms with Gasteiger partial charge in [-0.05, 0) is 31.2 Å². The molecule has 2 heterocycles. The van der Waals surface area contributed by atoms with Gasteiger partial charge in [-0.2, -0.15) is 23.4 Å². The number of aromatic nitrogens is 5. The first-order chi connectivity index (χ1) is 13.3. The molecule has 0 spiro atoms. The van der Waals surface area contributed by atoms with E-state index in [1.807, 2.05) is 6.92 Å². The molecule has 0 fully saturated rings. The van der Waals surface area contributed by atoms with E-state index in [2.05, 4.69) is 25.6 Å². The molecule has 0 saturated heterocycles. The Balaban J connectivity index is 1.54. The summed E-state index contributed by atoms with van der Waals surface area (Å²) in [5.41, 5.74) is -0.198. The summed E-state index contributed by atoms with van der Waals surface area (Å²) >= 11 is 0. The lowest BCUT2D eigenvalue weighted by Crippen LogP contribution is -2.36. The zero-order valence-electron chi connectivity index (χ0n) is 14.8. The Hall–Kier alpha value is -3.37. The Bertz CT molecular complexity index is 923. The van der Waals surface area contributed by atoms with Gasteiger partial charge >= 0.3 is 6.18 Å². The number of nitrogens with one attached hydrogen (secondary N) is 2. The molecule has 2 aromatic heterocycles. The lowest BCUT2D eigenvalue weighted by molar-refractivity contribution is -0.137. The van der Waals surface area contributed by atoms with E-state index < -0.39 is 17.6 Å². The Morgan fingerprint density at radius 3 is 2.89 bits per heavy atom. The molecule has 11 heteroatoms. The quantitative estimate of drug-likeness (QED) is 0.641. The van der Waals surface area contributed by atoms with Crippen LogP contribution in [0.2, 0.25) is 0 Å². The van der Waals surface area contributed by atoms with E-state index in [0.717, 1.165) is 12.1 Å². The maximum Gasteiger partial charge on any atom is 0.416 e. The van der Waals surface area contributed by atoms with Gasteiger partial charge in [0.2, 0.25) is 0 Å². The van der Waals surface area contributed by atoms with E-state index in [9.17, 15) is 18.0 Å². The molecular weight excluding hydrogens is 377 g/mol. The highest BCUT2D eigenvalue weighted by Gasteiger charge is 2.30. The van der Waals surface area contributed by atoms with Gasteiger partial charge in [0.05, 0.1) is 17.8 Å². The second-order valence-corrected chi connectivity index (χ2v) is 6.08. The van der Waals surface area contributed by atoms with Crippen molar-refractivity contribution in [1.29, 1.82) is 0 Å². The molecule has 0 aliphatic rings. The third-order valence-corrected chi connectivity index (χ3v) is 3.72. The molecule has 148 valence electrons. The van der Waals surface area contributed by atoms with E-state index >= 15 is 0 Å². The van der Waals surface area contributed by atoms with E-state index in [1.54, 1.807) is 11.0 Å². The van der Waals surface area contributed by atoms with Crippen molar-refractivity contribution in [3.8, 4) is 5.75 Å². The zero-order valence-corrected chi connectivity index (χ0v) is 14.8. The number of carbonyl (C=O) groups is 1. The van der Waals surface area contributed by atoms with Gasteiger partial charge in [0, 0.05) is 6.04 Å². The predicted octanol–water partition coefficient (Wildman–Crippen LogP) is 2.42. The highest BCUT2D eigenvalue weighted by atomic mass is 19.4. The van der Waals surface area contributed by atoms with Gasteiger partial charge in [0.25, 0.3) is 5.91 Å². The number of rotatable bonds is 7. The van der Waals surface area contributed by atoms with Gasteiger partial charge in [0.1, 0.15) is 30.7 Å². The van der Waals surface area contributed by atoms with Crippen LogP contribution < -0.4 is 10.1 Å². The fourth-order valence-electron chi connectivity index (χ4n) is 2.43. The number of benzene rings is 1. The molecule has 28 heavy (non-hydrogen) atoms. The number of amides is 1. The van der Waals surface area contributed by atoms with Crippen LogP contribution in [0.25, 0.3) is 0 Å². The van der Waals surface area contributed by atoms with Crippen LogP contribution in [-0.4, -0.2) is 36.9 Å². The SMILES string of the molecule is CC(Cn1cncn1)NC(=O)c1cc(COc2cccc(C(F)(F)F)c2)[nH]n1. The van der Waals surface area contributed by atoms with Crippen LogP contribution in [0.4, 0.5) is 13.2 Å². The summed E-state index contributed by atoms with van der Waals surface area (Å²) in [6.07, 6.45) is -1.50. The summed E-state index contributed by atoms with van der Waals surface area (Å²) < 4.78 is 45.1. The standard InChI is InChI=1S/C17H17F3N6O2/c1-11(7-26-10-21-9-22-26)23-16(27)15-6-13(24-25-15)8-28-14-4-2-3-12(5-14)17(18,19)20/h2-6,9-11H,7-8H2,1H3,(H,23,27)(H,24,25). The average molecular weight is 394 g/mol. The Morgan fingerprint density at radius 2 is 2.18 bits per heavy atom. The first kappa shape index (κ1) is 19.4. The Labute approximate surface area is 157 Å². The van der Waals surface area contributed by atoms with Gasteiger partial charge in [0.15, 0.2) is 0 Å². The normalized spacial score (nSPS) is 12.6. The molecule has 8 nitrogen and oxygen atoms in total. The van der Waals surface area contributed by atoms with Crippen molar-refractivity contribution in [2.75, 3.05) is 0 Å². The number of halogens is 3. The van der Waals surface area contributed by atoms with Gasteiger partial charge in [-0.15, -0.1) is 0 Å². The predicted molar refractivity (Wildman–Crippen MR) is 91.3 cm³/mol. The second kappa shape index (κ2) is 8.11. The number of aromatic amines is 1. The number of carbonyl (C=O) groups excluding carboxylic acids is 1. The van der Waals surface area contributed by atoms with E-state index in [-0.39, 0.29) is 24.1 Å². The molecule has 1 unspecified atom stereocenters. The van der Waals surface area contributed by atoms with Crippen LogP contribution in [0.5, 0.6) is 5.75 Å². The molecule has 0 aliphatic heterocycles. The summed E-state index contributed by atoms with van der Waals surface area (Å²) in [5.74, 6) is -0.328. The van der Waals surface area contributed by atoms with Crippen LogP contribution in [0.15, 0.2) is 43.0 Å². The van der Waals surface area contributed by atoms with Crippen molar-refractivity contribution in [1.82, 2.24) is 30.3 Å². The number of ether oxygens (including phenoxy) is 1. The number of hydrogen-bond donors (Lipinski definition) is 2. The van der Waals surface area contributed by atoms with Gasteiger partial charge < -0.3 is 10.1 Å². The first-order valence-electron chi connectivity index (χ1n) is 8.29. The highest BCUT2D eigenvalue weighted by Crippen LogP contribution is 2.31. The van der Waals surface area contributed by atoms with Crippen molar-refractivity contribution in [3.05, 3.63) is 59.9 Å². The first-order valence-corrected chi connectivity index (χ1v) is 8.29. The molecule has 0 bridgehead atoms. The van der Waals surface area contributed by atoms with Crippen LogP contribution in [0, 0.1) is 0 Å². The number of hydrogen-bond acceptors (Lipinski definition) is 5. The van der Waals surface area contributed by atoms with E-state index in [1.165, 1.54) is 24.5 Å². The third kappa shape index (κ3) is 5.09. The lowest BCUT2D eigenvalue weighted by atomic mass is 10.2. The summed E-state index contributed by atoms with van der Waals surface area (Å²) in [5, 5.41) is 13.3. The molecule has 0 saturated carbocycles. The summed E-state index contributed by atoms with van der Waals surface area (Å²) in [4.78, 5) is 16.0. The van der Waals surface area contributed by atoms with E-state index in [4.69, 9.17) is 4.74 Å². The Kier molecular flexibility index (Phi) is 5.62. The molecular formula is C17H17F3N6O2. The smallest absolute Gasteiger partial charge is 0.416 e. The molecule has 3 aromatic rings. The van der Waals surface area contributed by atoms with Gasteiger partial charge in [-0.25, -0.2) is 4.98 Å². The van der Waals surface area contributed by atoms with E-state index in [0.29, 0.717) is 12.2 Å². The van der Waals surface area contributed by atoms with Crippen LogP contribution in [0.3, 0.4) is 0 Å². The van der Waals surface area contributed by atoms with Crippen molar-refractivity contribution >= 4 is 5.91 Å². The van der Waals surface area contributed by atoms with Crippen LogP contribution in [0.1, 0.15) is 28.7 Å². The van der Waals surface area contributed by atoms with Crippen molar-refractivity contribution in [2.24, 2.45) is 0 Å². The minimum atomic E-state index is -4.44. The number of H-pyrrole nitrogens is 1. The fourth-order valence-corrected chi connectivity index (χ4v) is 2.43. The summed E-state index contributed by atoms with van der Waals surface area (Å²) in [6.45, 7) is 2.20. The average Bonchev–Trinajstić information content (AvgIpc) is 3.31. The molecule has 1 atom stereocenters. The maximum absolute atomic E-state index is 12.7. The minimum Gasteiger partial charge on any atom is -0.487 e. The van der Waals surface area contributed by atoms with Crippen LogP contribution >= 0.6 is 0 Å². The summed E-state index contributed by atoms with van der Waals surface area (Å²) in [6, 6.07) is 5.83. The molecule has 0 aliphatic carbocycles. The van der Waals surface area contributed by atoms with Gasteiger partial charge in [-0.1, -0.05) is 6.07 Å². The number of alkyl halides is 3. The maximum atomic E-state index is 12.7. The topological polar surface area (TPSA) is 97.7 Å². The summed E-state index contributed by atoms with van der Waals surface area (Å²) in [7, 11) is 0. The monoisotopic (exact) mass is 394 g/mol. The second-order valence-electron chi connectivity index (χ2n) is 6.08. The van der Waals surface area contributed by atoms with Crippen LogP contribution in [-0.2, 0) is 19.3 Å². The van der Waals surface area contributed by atoms with Crippen molar-refractivity contribution < 1.29 is 22.7 Å². The molecule has 1 aromatic carbocycles. The molecule has 0 radical (unpaired) electrons. The third-order valence-electron chi connectivity index (χ3n) is 3.72. The lowest BCUT2D eigenvalue weighted by Gasteiger charge is -2.12. The highest BCUT2D eigenvalue weighted by molar-refractivity contribution is 5.92. The zero-order chi connectivity index (χ0) is 20.1. The fraction of sp³-hybridized carbons (Fsp3) is 0.294. The largest absolute Gasteiger partial charge is 0.487 e. The van der Waals surface area contributed by atoms with Crippen molar-refractivity contribution in [2.45, 2.75) is 32.3 Å². The number of nitrogens with zero attached hydrogens (tertiary/aromatic N) is 4. The van der Waals surface area contributed by atoms with Gasteiger partial charge in [-0.3, -0.25) is 14.6 Å².